The molecule has 2 heterocycles. The van der Waals surface area contributed by atoms with Crippen molar-refractivity contribution in [3.63, 3.8) is 0 Å². The molecule has 4 aromatic rings. The molecule has 0 saturated carbocycles. The molecule has 9 nitrogen and oxygen atoms in total. The second-order valence-electron chi connectivity index (χ2n) is 6.75. The van der Waals surface area contributed by atoms with Gasteiger partial charge in [-0.05, 0) is 49.4 Å². The molecule has 0 fully saturated rings. The minimum absolute atomic E-state index is 0.00779. The molecule has 31 heavy (non-hydrogen) atoms. The van der Waals surface area contributed by atoms with Crippen molar-refractivity contribution in [2.24, 2.45) is 0 Å². The highest BCUT2D eigenvalue weighted by Gasteiger charge is 2.19. The van der Waals surface area contributed by atoms with Crippen molar-refractivity contribution < 1.29 is 17.6 Å². The van der Waals surface area contributed by atoms with Crippen LogP contribution in [0.4, 0.5) is 15.9 Å². The zero-order valence-electron chi connectivity index (χ0n) is 16.1. The number of aromatic amines is 2. The fourth-order valence-electron chi connectivity index (χ4n) is 2.97. The van der Waals surface area contributed by atoms with Crippen molar-refractivity contribution in [3.8, 4) is 0 Å². The van der Waals surface area contributed by atoms with Gasteiger partial charge in [-0.2, -0.15) is 5.10 Å². The SMILES string of the molecule is Cc1cn[nH]c1NC(=O)c1cc(=O)[nH]c2ccc(S(=O)(=O)Nc3ccc(F)cc3)cc12. The van der Waals surface area contributed by atoms with Crippen LogP contribution in [-0.2, 0) is 10.0 Å². The van der Waals surface area contributed by atoms with E-state index in [1.54, 1.807) is 6.92 Å². The summed E-state index contributed by atoms with van der Waals surface area (Å²) in [4.78, 5) is 27.3. The van der Waals surface area contributed by atoms with Crippen LogP contribution in [0.2, 0.25) is 0 Å². The van der Waals surface area contributed by atoms with E-state index in [0.29, 0.717) is 16.9 Å². The third-order valence-electron chi connectivity index (χ3n) is 4.53. The number of hydrogen-bond donors (Lipinski definition) is 4. The molecule has 2 aromatic carbocycles. The summed E-state index contributed by atoms with van der Waals surface area (Å²) in [5.74, 6) is -0.745. The summed E-state index contributed by atoms with van der Waals surface area (Å²) in [6.07, 6.45) is 1.53. The van der Waals surface area contributed by atoms with Crippen molar-refractivity contribution in [2.75, 3.05) is 10.0 Å². The summed E-state index contributed by atoms with van der Waals surface area (Å²) in [5, 5.41) is 9.31. The largest absolute Gasteiger partial charge is 0.322 e. The van der Waals surface area contributed by atoms with Crippen molar-refractivity contribution in [3.05, 3.63) is 82.0 Å². The van der Waals surface area contributed by atoms with Gasteiger partial charge in [0.25, 0.3) is 15.9 Å². The first-order valence-corrected chi connectivity index (χ1v) is 10.5. The number of anilines is 2. The molecule has 4 N–H and O–H groups in total. The third-order valence-corrected chi connectivity index (χ3v) is 5.91. The molecule has 0 aliphatic rings. The number of sulfonamides is 1. The molecule has 0 radical (unpaired) electrons. The molecule has 0 aliphatic carbocycles. The van der Waals surface area contributed by atoms with E-state index in [1.807, 2.05) is 0 Å². The van der Waals surface area contributed by atoms with E-state index in [2.05, 4.69) is 25.2 Å². The van der Waals surface area contributed by atoms with E-state index in [4.69, 9.17) is 0 Å². The molecule has 0 saturated heterocycles. The summed E-state index contributed by atoms with van der Waals surface area (Å²) in [7, 11) is -4.04. The van der Waals surface area contributed by atoms with Crippen LogP contribution in [-0.4, -0.2) is 29.5 Å². The first-order chi connectivity index (χ1) is 14.7. The van der Waals surface area contributed by atoms with Gasteiger partial charge in [-0.3, -0.25) is 19.4 Å². The van der Waals surface area contributed by atoms with Crippen LogP contribution in [0.1, 0.15) is 15.9 Å². The molecule has 1 amide bonds. The number of carbonyl (C=O) groups is 1. The summed E-state index contributed by atoms with van der Waals surface area (Å²) in [6.45, 7) is 1.74. The lowest BCUT2D eigenvalue weighted by atomic mass is 10.1. The Morgan fingerprint density at radius 3 is 2.52 bits per heavy atom. The van der Waals surface area contributed by atoms with Crippen LogP contribution in [0, 0.1) is 12.7 Å². The Morgan fingerprint density at radius 2 is 1.84 bits per heavy atom. The number of nitrogens with zero attached hydrogens (tertiary/aromatic N) is 1. The van der Waals surface area contributed by atoms with Gasteiger partial charge >= 0.3 is 0 Å². The topological polar surface area (TPSA) is 137 Å². The standard InChI is InChI=1S/C20H16FN5O4S/c1-11-10-22-25-19(11)24-20(28)16-9-18(27)23-17-7-6-14(8-15(16)17)31(29,30)26-13-4-2-12(21)3-5-13/h2-10,26H,1H3,(H,23,27)(H2,22,24,25,28). The van der Waals surface area contributed by atoms with Gasteiger partial charge < -0.3 is 10.3 Å². The number of amides is 1. The minimum Gasteiger partial charge on any atom is -0.322 e. The van der Waals surface area contributed by atoms with Gasteiger partial charge in [0.1, 0.15) is 11.6 Å². The lowest BCUT2D eigenvalue weighted by Gasteiger charge is -2.11. The van der Waals surface area contributed by atoms with Gasteiger partial charge in [-0.15, -0.1) is 0 Å². The maximum Gasteiger partial charge on any atom is 0.261 e. The number of hydrogen-bond acceptors (Lipinski definition) is 5. The number of carbonyl (C=O) groups excluding carboxylic acids is 1. The number of pyridine rings is 1. The first kappa shape index (κ1) is 20.3. The molecular formula is C20H16FN5O4S. The predicted molar refractivity (Wildman–Crippen MR) is 113 cm³/mol. The maximum atomic E-state index is 13.1. The highest BCUT2D eigenvalue weighted by molar-refractivity contribution is 7.92. The van der Waals surface area contributed by atoms with E-state index in [-0.39, 0.29) is 21.5 Å². The van der Waals surface area contributed by atoms with Crippen molar-refractivity contribution in [2.45, 2.75) is 11.8 Å². The van der Waals surface area contributed by atoms with E-state index < -0.39 is 27.3 Å². The Hall–Kier alpha value is -3.99. The summed E-state index contributed by atoms with van der Waals surface area (Å²) in [5.41, 5.74) is 0.634. The average molecular weight is 441 g/mol. The van der Waals surface area contributed by atoms with Crippen LogP contribution >= 0.6 is 0 Å². The Balaban J connectivity index is 1.75. The van der Waals surface area contributed by atoms with Crippen LogP contribution in [0.15, 0.2) is 64.4 Å². The van der Waals surface area contributed by atoms with E-state index >= 15 is 0 Å². The van der Waals surface area contributed by atoms with Gasteiger partial charge in [0.2, 0.25) is 5.56 Å². The fourth-order valence-corrected chi connectivity index (χ4v) is 4.06. The molecule has 0 bridgehead atoms. The van der Waals surface area contributed by atoms with E-state index in [0.717, 1.165) is 18.2 Å². The van der Waals surface area contributed by atoms with Gasteiger partial charge in [-0.1, -0.05) is 0 Å². The highest BCUT2D eigenvalue weighted by atomic mass is 32.2. The predicted octanol–water partition coefficient (Wildman–Crippen LogP) is 2.75. The quantitative estimate of drug-likeness (QED) is 0.377. The van der Waals surface area contributed by atoms with Gasteiger partial charge in [-0.25, -0.2) is 12.8 Å². The molecule has 0 atom stereocenters. The van der Waals surface area contributed by atoms with Crippen molar-refractivity contribution in [1.29, 1.82) is 0 Å². The molecule has 0 unspecified atom stereocenters. The molecule has 158 valence electrons. The molecule has 2 aromatic heterocycles. The average Bonchev–Trinajstić information content (AvgIpc) is 3.13. The molecule has 0 spiro atoms. The molecule has 11 heteroatoms. The molecule has 4 rings (SSSR count). The van der Waals surface area contributed by atoms with Gasteiger partial charge in [0.05, 0.1) is 16.7 Å². The summed E-state index contributed by atoms with van der Waals surface area (Å²) < 4.78 is 41.0. The third kappa shape index (κ3) is 4.16. The molecular weight excluding hydrogens is 425 g/mol. The van der Waals surface area contributed by atoms with E-state index in [1.165, 1.54) is 36.5 Å². The number of benzene rings is 2. The lowest BCUT2D eigenvalue weighted by Crippen LogP contribution is -2.18. The molecule has 0 aliphatic heterocycles. The van der Waals surface area contributed by atoms with Gasteiger partial charge in [0.15, 0.2) is 0 Å². The van der Waals surface area contributed by atoms with E-state index in [9.17, 15) is 22.4 Å². The van der Waals surface area contributed by atoms with Crippen molar-refractivity contribution in [1.82, 2.24) is 15.2 Å². The number of fused-ring (bicyclic) bond motifs is 1. The Kier molecular flexibility index (Phi) is 5.03. The lowest BCUT2D eigenvalue weighted by molar-refractivity contribution is 0.102. The van der Waals surface area contributed by atoms with Crippen LogP contribution < -0.4 is 15.6 Å². The van der Waals surface area contributed by atoms with Crippen LogP contribution in [0.5, 0.6) is 0 Å². The summed E-state index contributed by atoms with van der Waals surface area (Å²) in [6, 6.07) is 9.90. The monoisotopic (exact) mass is 441 g/mol. The Labute approximate surface area is 175 Å². The first-order valence-electron chi connectivity index (χ1n) is 9.00. The number of H-pyrrole nitrogens is 2. The Morgan fingerprint density at radius 1 is 1.10 bits per heavy atom. The van der Waals surface area contributed by atoms with Gasteiger partial charge in [0, 0.05) is 28.2 Å². The number of aryl methyl sites for hydroxylation is 1. The minimum atomic E-state index is -4.04. The summed E-state index contributed by atoms with van der Waals surface area (Å²) >= 11 is 0. The maximum absolute atomic E-state index is 13.1. The number of rotatable bonds is 5. The Bertz CT molecular complexity index is 1460. The second-order valence-corrected chi connectivity index (χ2v) is 8.43. The zero-order chi connectivity index (χ0) is 22.2. The highest BCUT2D eigenvalue weighted by Crippen LogP contribution is 2.23. The zero-order valence-corrected chi connectivity index (χ0v) is 16.9. The number of aromatic nitrogens is 3. The second kappa shape index (κ2) is 7.69. The number of halogens is 1. The smallest absolute Gasteiger partial charge is 0.261 e. The number of nitrogens with one attached hydrogen (secondary N) is 4. The normalized spacial score (nSPS) is 11.4. The van der Waals surface area contributed by atoms with Crippen LogP contribution in [0.3, 0.4) is 0 Å². The van der Waals surface area contributed by atoms with Crippen LogP contribution in [0.25, 0.3) is 10.9 Å². The van der Waals surface area contributed by atoms with Crippen molar-refractivity contribution >= 4 is 38.3 Å². The fraction of sp³-hybridized carbons (Fsp3) is 0.0500.